The minimum absolute atomic E-state index is 0.0148. The molecule has 5 unspecified atom stereocenters. The molecule has 224 valence electrons. The van der Waals surface area contributed by atoms with E-state index >= 15 is 4.39 Å². The molecule has 0 spiro atoms. The Bertz CT molecular complexity index is 1220. The number of nitrogens with zero attached hydrogens (tertiary/aromatic N) is 2. The van der Waals surface area contributed by atoms with Gasteiger partial charge in [-0.15, -0.1) is 0 Å². The summed E-state index contributed by atoms with van der Waals surface area (Å²) in [6.07, 6.45) is -4.03. The maximum atomic E-state index is 15.8. The van der Waals surface area contributed by atoms with Gasteiger partial charge in [0, 0.05) is 30.5 Å². The molecule has 0 saturated carbocycles. The molecule has 1 saturated heterocycles. The van der Waals surface area contributed by atoms with Crippen molar-refractivity contribution in [1.82, 2.24) is 14.2 Å². The number of rotatable bonds is 13. The van der Waals surface area contributed by atoms with Crippen molar-refractivity contribution in [3.8, 4) is 5.75 Å². The van der Waals surface area contributed by atoms with Crippen LogP contribution in [0, 0.1) is 0 Å². The number of aromatic nitrogens is 2. The van der Waals surface area contributed by atoms with E-state index in [1.54, 1.807) is 21.6 Å². The maximum absolute atomic E-state index is 15.8. The molecule has 1 aliphatic heterocycles. The van der Waals surface area contributed by atoms with Gasteiger partial charge < -0.3 is 18.5 Å². The second kappa shape index (κ2) is 14.7. The number of para-hydroxylation sites is 1. The lowest BCUT2D eigenvalue weighted by atomic mass is 10.2. The first-order chi connectivity index (χ1) is 19.3. The first-order valence-electron chi connectivity index (χ1n) is 13.9. The van der Waals surface area contributed by atoms with Gasteiger partial charge in [0.1, 0.15) is 18.5 Å². The van der Waals surface area contributed by atoms with Crippen molar-refractivity contribution in [2.24, 2.45) is 0 Å². The fourth-order valence-electron chi connectivity index (χ4n) is 3.98. The smallest absolute Gasteiger partial charge is 0.330 e. The fourth-order valence-corrected chi connectivity index (χ4v) is 7.84. The molecule has 0 aliphatic carbocycles. The van der Waals surface area contributed by atoms with Gasteiger partial charge in [-0.1, -0.05) is 54.5 Å². The average Bonchev–Trinajstić information content (AvgIpc) is 3.19. The monoisotopic (exact) mass is 618 g/mol. The van der Waals surface area contributed by atoms with Crippen LogP contribution in [0.1, 0.15) is 63.0 Å². The Hall–Kier alpha value is -1.40. The SMILES string of the molecule is [2H]CC1OC(n2ccc(=O)[nH]c2=O)C(F)C1OP(OCCOc1ccccc1SSC(C)(C)C)N(C(C)C)C(C)C. The minimum atomic E-state index is -1.79. The number of nitrogens with one attached hydrogen (secondary N) is 1. The van der Waals surface area contributed by atoms with Gasteiger partial charge in [-0.25, -0.2) is 13.9 Å². The summed E-state index contributed by atoms with van der Waals surface area (Å²) in [4.78, 5) is 26.9. The van der Waals surface area contributed by atoms with Crippen LogP contribution in [0.3, 0.4) is 0 Å². The first-order valence-corrected chi connectivity index (χ1v) is 16.5. The summed E-state index contributed by atoms with van der Waals surface area (Å²) < 4.78 is 51.2. The lowest BCUT2D eigenvalue weighted by molar-refractivity contribution is -0.0181. The molecule has 13 heteroatoms. The van der Waals surface area contributed by atoms with Crippen molar-refractivity contribution in [1.29, 1.82) is 0 Å². The number of halogens is 1. The van der Waals surface area contributed by atoms with Crippen molar-refractivity contribution in [3.63, 3.8) is 0 Å². The number of hydrogen-bond donors (Lipinski definition) is 1. The first kappa shape index (κ1) is 31.5. The highest BCUT2D eigenvalue weighted by atomic mass is 33.1. The van der Waals surface area contributed by atoms with Crippen LogP contribution in [0.4, 0.5) is 4.39 Å². The van der Waals surface area contributed by atoms with E-state index in [9.17, 15) is 9.59 Å². The molecule has 1 aromatic carbocycles. The van der Waals surface area contributed by atoms with Crippen molar-refractivity contribution in [2.45, 2.75) is 102 Å². The van der Waals surface area contributed by atoms with E-state index in [-0.39, 0.29) is 36.9 Å². The van der Waals surface area contributed by atoms with Crippen LogP contribution in [-0.4, -0.2) is 62.6 Å². The van der Waals surface area contributed by atoms with E-state index < -0.39 is 44.4 Å². The van der Waals surface area contributed by atoms with E-state index in [0.29, 0.717) is 0 Å². The van der Waals surface area contributed by atoms with Gasteiger partial charge in [0.25, 0.3) is 14.1 Å². The van der Waals surface area contributed by atoms with E-state index in [4.69, 9.17) is 19.9 Å². The standard InChI is InChI=1S/C27H41FN3O6PS2/c1-17(2)31(18(3)4)38(35-16-15-34-20-11-9-10-12-21(20)39-40-27(6,7)8)37-24-19(5)36-25(23(24)28)30-14-13-22(32)29-26(30)33/h9-14,17-19,23-25H,15-16H2,1-8H3,(H,29,32,33)/i5D. The molecule has 1 aliphatic rings. The van der Waals surface area contributed by atoms with Crippen LogP contribution in [0.2, 0.25) is 0 Å². The van der Waals surface area contributed by atoms with Gasteiger partial charge in [0.05, 0.1) is 17.6 Å². The second-order valence-electron chi connectivity index (χ2n) is 10.8. The van der Waals surface area contributed by atoms with Crippen LogP contribution in [0.15, 0.2) is 51.0 Å². The molecular weight excluding hydrogens is 576 g/mol. The number of hydrogen-bond acceptors (Lipinski definition) is 9. The highest BCUT2D eigenvalue weighted by Gasteiger charge is 2.47. The fraction of sp³-hybridized carbons (Fsp3) is 0.630. The van der Waals surface area contributed by atoms with E-state index in [0.717, 1.165) is 21.3 Å². The molecule has 1 fully saturated rings. The molecule has 9 nitrogen and oxygen atoms in total. The zero-order chi connectivity index (χ0) is 30.3. The minimum Gasteiger partial charge on any atom is -0.490 e. The van der Waals surface area contributed by atoms with Gasteiger partial charge in [-0.3, -0.25) is 14.3 Å². The molecule has 0 bridgehead atoms. The van der Waals surface area contributed by atoms with Crippen LogP contribution in [-0.2, 0) is 13.8 Å². The third-order valence-corrected chi connectivity index (χ3v) is 11.1. The topological polar surface area (TPSA) is 95.0 Å². The third kappa shape index (κ3) is 9.05. The Kier molecular flexibility index (Phi) is 11.6. The van der Waals surface area contributed by atoms with E-state index in [1.807, 2.05) is 56.6 Å². The molecule has 0 radical (unpaired) electrons. The summed E-state index contributed by atoms with van der Waals surface area (Å²) in [6, 6.07) is 8.97. The Morgan fingerprint density at radius 1 is 1.18 bits per heavy atom. The van der Waals surface area contributed by atoms with Crippen LogP contribution >= 0.6 is 30.1 Å². The van der Waals surface area contributed by atoms with Crippen molar-refractivity contribution >= 4 is 30.1 Å². The lowest BCUT2D eigenvalue weighted by Crippen LogP contribution is -2.38. The van der Waals surface area contributed by atoms with Gasteiger partial charge in [-0.2, -0.15) is 0 Å². The van der Waals surface area contributed by atoms with Crippen molar-refractivity contribution in [2.75, 3.05) is 13.2 Å². The third-order valence-electron chi connectivity index (χ3n) is 5.62. The number of benzene rings is 1. The van der Waals surface area contributed by atoms with Gasteiger partial charge in [0.2, 0.25) is 0 Å². The molecule has 2 aromatic rings. The normalized spacial score (nSPS) is 22.7. The Labute approximate surface area is 246 Å². The zero-order valence-corrected chi connectivity index (χ0v) is 26.6. The predicted molar refractivity (Wildman–Crippen MR) is 161 cm³/mol. The van der Waals surface area contributed by atoms with Gasteiger partial charge in [-0.05, 0) is 46.7 Å². The Morgan fingerprint density at radius 2 is 1.88 bits per heavy atom. The number of aromatic amines is 1. The highest BCUT2D eigenvalue weighted by Crippen LogP contribution is 2.50. The number of alkyl halides is 1. The van der Waals surface area contributed by atoms with Crippen LogP contribution in [0.5, 0.6) is 5.75 Å². The number of ether oxygens (including phenoxy) is 2. The average molecular weight is 619 g/mol. The number of H-pyrrole nitrogens is 1. The summed E-state index contributed by atoms with van der Waals surface area (Å²) in [5, 5.41) is 0. The summed E-state index contributed by atoms with van der Waals surface area (Å²) in [5.41, 5.74) is -1.39. The second-order valence-corrected chi connectivity index (χ2v) is 15.2. The molecule has 40 heavy (non-hydrogen) atoms. The predicted octanol–water partition coefficient (Wildman–Crippen LogP) is 6.16. The largest absolute Gasteiger partial charge is 0.490 e. The molecular formula is C27H41FN3O6PS2. The van der Waals surface area contributed by atoms with Gasteiger partial charge >= 0.3 is 5.69 Å². The molecule has 1 N–H and O–H groups in total. The van der Waals surface area contributed by atoms with Crippen LogP contribution < -0.4 is 16.0 Å². The Morgan fingerprint density at radius 3 is 2.50 bits per heavy atom. The molecule has 0 amide bonds. The van der Waals surface area contributed by atoms with E-state index in [2.05, 4.69) is 25.8 Å². The Balaban J connectivity index is 1.73. The summed E-state index contributed by atoms with van der Waals surface area (Å²) in [5.74, 6) is 0.754. The summed E-state index contributed by atoms with van der Waals surface area (Å²) in [7, 11) is 1.63. The summed E-state index contributed by atoms with van der Waals surface area (Å²) in [6.45, 7) is 14.6. The zero-order valence-electron chi connectivity index (χ0n) is 25.0. The van der Waals surface area contributed by atoms with E-state index in [1.165, 1.54) is 6.20 Å². The lowest BCUT2D eigenvalue weighted by Gasteiger charge is -2.37. The van der Waals surface area contributed by atoms with Crippen molar-refractivity contribution in [3.05, 3.63) is 57.4 Å². The summed E-state index contributed by atoms with van der Waals surface area (Å²) >= 11 is 0. The van der Waals surface area contributed by atoms with Crippen molar-refractivity contribution < 1.29 is 24.3 Å². The quantitative estimate of drug-likeness (QED) is 0.161. The molecule has 1 aromatic heterocycles. The van der Waals surface area contributed by atoms with Crippen LogP contribution in [0.25, 0.3) is 0 Å². The van der Waals surface area contributed by atoms with Gasteiger partial charge in [0.15, 0.2) is 12.4 Å². The maximum Gasteiger partial charge on any atom is 0.330 e. The highest BCUT2D eigenvalue weighted by molar-refractivity contribution is 8.77. The molecule has 2 heterocycles. The molecule has 3 rings (SSSR count). The molecule has 5 atom stereocenters.